The van der Waals surface area contributed by atoms with Gasteiger partial charge in [0.25, 0.3) is 0 Å². The van der Waals surface area contributed by atoms with Crippen molar-refractivity contribution in [1.82, 2.24) is 0 Å². The highest BCUT2D eigenvalue weighted by Crippen LogP contribution is 2.71. The highest BCUT2D eigenvalue weighted by molar-refractivity contribution is 7.72. The summed E-state index contributed by atoms with van der Waals surface area (Å²) >= 11 is 1.51. The van der Waals surface area contributed by atoms with Crippen molar-refractivity contribution in [2.45, 2.75) is 39.5 Å². The standard InChI is InChI=1S/C14H26O6P2S/c1-5-17-21(15,18-6-2)14(11-13-9-10-23-12-13)22(16,19-7-3)20-8-4/h9-10,12,14H,5-8,11H2,1-4H3. The second-order valence-corrected chi connectivity index (χ2v) is 10.2. The molecular weight excluding hydrogens is 358 g/mol. The van der Waals surface area contributed by atoms with Crippen molar-refractivity contribution in [2.75, 3.05) is 26.4 Å². The molecule has 0 fully saturated rings. The molecule has 23 heavy (non-hydrogen) atoms. The van der Waals surface area contributed by atoms with Crippen LogP contribution in [-0.2, 0) is 33.6 Å². The van der Waals surface area contributed by atoms with Crippen LogP contribution in [0.25, 0.3) is 0 Å². The van der Waals surface area contributed by atoms with Gasteiger partial charge < -0.3 is 18.1 Å². The minimum Gasteiger partial charge on any atom is -0.308 e. The van der Waals surface area contributed by atoms with Gasteiger partial charge in [-0.1, -0.05) is 0 Å². The Labute approximate surface area is 142 Å². The molecule has 0 spiro atoms. The maximum Gasteiger partial charge on any atom is 0.346 e. The van der Waals surface area contributed by atoms with Crippen molar-refractivity contribution >= 4 is 26.5 Å². The van der Waals surface area contributed by atoms with Gasteiger partial charge in [0.1, 0.15) is 0 Å². The van der Waals surface area contributed by atoms with Crippen LogP contribution in [0.1, 0.15) is 33.3 Å². The predicted molar refractivity (Wildman–Crippen MR) is 93.5 cm³/mol. The molecule has 1 rings (SSSR count). The van der Waals surface area contributed by atoms with Gasteiger partial charge in [-0.2, -0.15) is 11.3 Å². The first-order valence-electron chi connectivity index (χ1n) is 7.74. The lowest BCUT2D eigenvalue weighted by Gasteiger charge is -2.31. The maximum atomic E-state index is 13.3. The normalized spacial score (nSPS) is 12.9. The van der Waals surface area contributed by atoms with Crippen molar-refractivity contribution in [1.29, 1.82) is 0 Å². The molecule has 0 saturated heterocycles. The van der Waals surface area contributed by atoms with Gasteiger partial charge in [-0.15, -0.1) is 0 Å². The zero-order valence-electron chi connectivity index (χ0n) is 14.1. The van der Waals surface area contributed by atoms with Gasteiger partial charge in [0.15, 0.2) is 5.40 Å². The molecule has 0 N–H and O–H groups in total. The summed E-state index contributed by atoms with van der Waals surface area (Å²) in [7, 11) is -7.32. The average Bonchev–Trinajstić information content (AvgIpc) is 2.98. The highest BCUT2D eigenvalue weighted by atomic mass is 32.1. The molecular formula is C14H26O6P2S. The molecule has 1 heterocycles. The fourth-order valence-electron chi connectivity index (χ4n) is 2.15. The first-order chi connectivity index (χ1) is 11.0. The summed E-state index contributed by atoms with van der Waals surface area (Å²) in [5, 5.41) is 2.84. The maximum absolute atomic E-state index is 13.3. The van der Waals surface area contributed by atoms with Crippen LogP contribution >= 0.6 is 26.5 Å². The topological polar surface area (TPSA) is 71.1 Å². The molecule has 0 aliphatic heterocycles. The summed E-state index contributed by atoms with van der Waals surface area (Å²) < 4.78 is 48.2. The van der Waals surface area contributed by atoms with E-state index in [4.69, 9.17) is 18.1 Å². The van der Waals surface area contributed by atoms with Crippen molar-refractivity contribution in [2.24, 2.45) is 0 Å². The first-order valence-corrected chi connectivity index (χ1v) is 11.9. The third-order valence-electron chi connectivity index (χ3n) is 2.96. The number of rotatable bonds is 12. The van der Waals surface area contributed by atoms with E-state index in [0.29, 0.717) is 0 Å². The Morgan fingerprint density at radius 3 is 1.65 bits per heavy atom. The van der Waals surface area contributed by atoms with E-state index in [9.17, 15) is 9.13 Å². The molecule has 0 amide bonds. The summed E-state index contributed by atoms with van der Waals surface area (Å²) in [4.78, 5) is 0. The summed E-state index contributed by atoms with van der Waals surface area (Å²) in [5.74, 6) is 0. The third kappa shape index (κ3) is 5.79. The fourth-order valence-corrected chi connectivity index (χ4v) is 8.17. The van der Waals surface area contributed by atoms with Crippen LogP contribution < -0.4 is 0 Å². The van der Waals surface area contributed by atoms with E-state index in [-0.39, 0.29) is 32.8 Å². The Kier molecular flexibility index (Phi) is 9.24. The van der Waals surface area contributed by atoms with Gasteiger partial charge >= 0.3 is 15.2 Å². The molecule has 0 aliphatic carbocycles. The lowest BCUT2D eigenvalue weighted by Crippen LogP contribution is -2.20. The Morgan fingerprint density at radius 1 is 0.913 bits per heavy atom. The molecule has 0 aromatic carbocycles. The summed E-state index contributed by atoms with van der Waals surface area (Å²) in [5.41, 5.74) is 0.902. The van der Waals surface area contributed by atoms with E-state index in [1.165, 1.54) is 11.3 Å². The molecule has 1 aromatic heterocycles. The van der Waals surface area contributed by atoms with Gasteiger partial charge in [-0.05, 0) is 56.5 Å². The fraction of sp³-hybridized carbons (Fsp3) is 0.714. The molecule has 6 nitrogen and oxygen atoms in total. The summed E-state index contributed by atoms with van der Waals surface area (Å²) in [6, 6.07) is 1.89. The zero-order valence-corrected chi connectivity index (χ0v) is 16.7. The van der Waals surface area contributed by atoms with Crippen LogP contribution in [0.2, 0.25) is 0 Å². The second kappa shape index (κ2) is 10.1. The third-order valence-corrected chi connectivity index (χ3v) is 9.69. The Bertz CT molecular complexity index is 483. The predicted octanol–water partition coefficient (Wildman–Crippen LogP) is 5.15. The highest BCUT2D eigenvalue weighted by Gasteiger charge is 2.50. The van der Waals surface area contributed by atoms with Crippen molar-refractivity contribution < 1.29 is 27.2 Å². The van der Waals surface area contributed by atoms with Crippen molar-refractivity contribution in [3.63, 3.8) is 0 Å². The van der Waals surface area contributed by atoms with Gasteiger partial charge in [0.2, 0.25) is 0 Å². The average molecular weight is 384 g/mol. The monoisotopic (exact) mass is 384 g/mol. The number of hydrogen-bond acceptors (Lipinski definition) is 7. The van der Waals surface area contributed by atoms with Crippen LogP contribution in [0.5, 0.6) is 0 Å². The zero-order chi connectivity index (χ0) is 17.3. The largest absolute Gasteiger partial charge is 0.346 e. The second-order valence-electron chi connectivity index (χ2n) is 4.57. The smallest absolute Gasteiger partial charge is 0.308 e. The Hall–Kier alpha value is -0.0000000000000000416. The molecule has 0 saturated carbocycles. The van der Waals surface area contributed by atoms with Gasteiger partial charge in [0.05, 0.1) is 26.4 Å². The van der Waals surface area contributed by atoms with Gasteiger partial charge in [0, 0.05) is 0 Å². The van der Waals surface area contributed by atoms with Gasteiger partial charge in [-0.25, -0.2) is 0 Å². The molecule has 0 bridgehead atoms. The van der Waals surface area contributed by atoms with E-state index < -0.39 is 20.6 Å². The van der Waals surface area contributed by atoms with E-state index in [0.717, 1.165) is 5.56 Å². The molecule has 0 aliphatic rings. The van der Waals surface area contributed by atoms with E-state index >= 15 is 0 Å². The van der Waals surface area contributed by atoms with Crippen LogP contribution in [0.4, 0.5) is 0 Å². The lowest BCUT2D eigenvalue weighted by molar-refractivity contribution is 0.195. The molecule has 0 atom stereocenters. The molecule has 0 unspecified atom stereocenters. The van der Waals surface area contributed by atoms with Crippen molar-refractivity contribution in [3.05, 3.63) is 22.4 Å². The SMILES string of the molecule is CCOP(=O)(OCC)C(Cc1ccsc1)P(=O)(OCC)OCC. The molecule has 9 heteroatoms. The van der Waals surface area contributed by atoms with Crippen LogP contribution in [0.3, 0.4) is 0 Å². The van der Waals surface area contributed by atoms with E-state index in [2.05, 4.69) is 0 Å². The van der Waals surface area contributed by atoms with E-state index in [1.807, 2.05) is 16.8 Å². The minimum atomic E-state index is -3.66. The lowest BCUT2D eigenvalue weighted by atomic mass is 10.3. The Balaban J connectivity index is 3.27. The number of hydrogen-bond donors (Lipinski definition) is 0. The van der Waals surface area contributed by atoms with Gasteiger partial charge in [-0.3, -0.25) is 9.13 Å². The minimum absolute atomic E-state index is 0.190. The first kappa shape index (κ1) is 21.0. The Morgan fingerprint density at radius 2 is 1.35 bits per heavy atom. The number of thiophene rings is 1. The molecule has 0 radical (unpaired) electrons. The molecule has 134 valence electrons. The quantitative estimate of drug-likeness (QED) is 0.464. The summed E-state index contributed by atoms with van der Waals surface area (Å²) in [6.45, 7) is 7.65. The van der Waals surface area contributed by atoms with Crippen molar-refractivity contribution in [3.8, 4) is 0 Å². The van der Waals surface area contributed by atoms with E-state index in [1.54, 1.807) is 27.7 Å². The van der Waals surface area contributed by atoms with Crippen LogP contribution in [0, 0.1) is 0 Å². The molecule has 1 aromatic rings. The van der Waals surface area contributed by atoms with Crippen LogP contribution in [-0.4, -0.2) is 31.8 Å². The summed E-state index contributed by atoms with van der Waals surface area (Å²) in [6.07, 6.45) is 0.248. The van der Waals surface area contributed by atoms with Crippen LogP contribution in [0.15, 0.2) is 16.8 Å².